The van der Waals surface area contributed by atoms with Crippen LogP contribution in [-0.4, -0.2) is 58.8 Å². The summed E-state index contributed by atoms with van der Waals surface area (Å²) in [4.78, 5) is 18.3. The van der Waals surface area contributed by atoms with Gasteiger partial charge in [0.25, 0.3) is 5.91 Å². The molecule has 41 heavy (non-hydrogen) atoms. The van der Waals surface area contributed by atoms with Crippen LogP contribution in [0.2, 0.25) is 0 Å². The van der Waals surface area contributed by atoms with Crippen LogP contribution in [0.1, 0.15) is 27.7 Å². The molecule has 1 fully saturated rings. The number of ether oxygens (including phenoxy) is 1. The highest BCUT2D eigenvalue weighted by atomic mass is 19.1. The van der Waals surface area contributed by atoms with E-state index < -0.39 is 0 Å². The van der Waals surface area contributed by atoms with Crippen molar-refractivity contribution in [3.05, 3.63) is 138 Å². The molecule has 1 aliphatic rings. The minimum Gasteiger partial charge on any atom is -0.497 e. The third kappa shape index (κ3) is 5.62. The lowest BCUT2D eigenvalue weighted by molar-refractivity contribution is 0.0588. The molecule has 0 N–H and O–H groups in total. The van der Waals surface area contributed by atoms with Gasteiger partial charge in [0.2, 0.25) is 0 Å². The molecule has 0 unspecified atom stereocenters. The summed E-state index contributed by atoms with van der Waals surface area (Å²) in [6.45, 7) is 2.63. The number of benzene rings is 4. The summed E-state index contributed by atoms with van der Waals surface area (Å²) >= 11 is 0. The van der Waals surface area contributed by atoms with Crippen molar-refractivity contribution < 1.29 is 13.9 Å². The van der Waals surface area contributed by atoms with E-state index in [4.69, 9.17) is 9.84 Å². The molecule has 0 atom stereocenters. The zero-order valence-electron chi connectivity index (χ0n) is 22.9. The van der Waals surface area contributed by atoms with E-state index in [0.717, 1.165) is 24.4 Å². The number of carbonyl (C=O) groups excluding carboxylic acids is 1. The van der Waals surface area contributed by atoms with E-state index in [1.54, 1.807) is 23.9 Å². The van der Waals surface area contributed by atoms with Crippen molar-refractivity contribution in [3.63, 3.8) is 0 Å². The van der Waals surface area contributed by atoms with Gasteiger partial charge in [0.05, 0.1) is 24.5 Å². The number of rotatable bonds is 7. The highest BCUT2D eigenvalue weighted by Crippen LogP contribution is 2.30. The Morgan fingerprint density at radius 1 is 0.780 bits per heavy atom. The van der Waals surface area contributed by atoms with Gasteiger partial charge in [-0.3, -0.25) is 9.69 Å². The zero-order valence-corrected chi connectivity index (χ0v) is 22.9. The third-order valence-electron chi connectivity index (χ3n) is 7.58. The molecule has 2 heterocycles. The lowest BCUT2D eigenvalue weighted by Crippen LogP contribution is -2.50. The Morgan fingerprint density at radius 2 is 1.37 bits per heavy atom. The molecule has 0 aliphatic carbocycles. The molecule has 6 nitrogen and oxygen atoms in total. The Balaban J connectivity index is 1.27. The first-order valence-corrected chi connectivity index (χ1v) is 13.7. The average molecular weight is 547 g/mol. The largest absolute Gasteiger partial charge is 0.497 e. The number of amides is 1. The van der Waals surface area contributed by atoms with Gasteiger partial charge in [-0.05, 0) is 65.7 Å². The van der Waals surface area contributed by atoms with Crippen molar-refractivity contribution in [2.75, 3.05) is 33.3 Å². The maximum Gasteiger partial charge on any atom is 0.272 e. The van der Waals surface area contributed by atoms with Gasteiger partial charge >= 0.3 is 0 Å². The Bertz CT molecular complexity index is 1560. The highest BCUT2D eigenvalue weighted by molar-refractivity contribution is 5.94. The number of hydrogen-bond acceptors (Lipinski definition) is 4. The van der Waals surface area contributed by atoms with Gasteiger partial charge in [0.1, 0.15) is 17.3 Å². The molecular formula is C34H31FN4O2. The average Bonchev–Trinajstić information content (AvgIpc) is 3.48. The van der Waals surface area contributed by atoms with Crippen LogP contribution in [0.4, 0.5) is 4.39 Å². The number of methoxy groups -OCH3 is 1. The third-order valence-corrected chi connectivity index (χ3v) is 7.58. The Hall–Kier alpha value is -4.75. The van der Waals surface area contributed by atoms with Gasteiger partial charge in [-0.1, -0.05) is 60.7 Å². The summed E-state index contributed by atoms with van der Waals surface area (Å²) in [5.74, 6) is 0.300. The Kier molecular flexibility index (Phi) is 7.60. The first-order valence-electron chi connectivity index (χ1n) is 13.7. The molecule has 5 aromatic rings. The Labute approximate surface area is 239 Å². The second-order valence-electron chi connectivity index (χ2n) is 10.1. The molecule has 0 spiro atoms. The van der Waals surface area contributed by atoms with Crippen LogP contribution < -0.4 is 4.74 Å². The predicted octanol–water partition coefficient (Wildman–Crippen LogP) is 6.23. The van der Waals surface area contributed by atoms with Crippen molar-refractivity contribution in [2.24, 2.45) is 0 Å². The van der Waals surface area contributed by atoms with E-state index in [1.807, 2.05) is 47.4 Å². The van der Waals surface area contributed by atoms with Crippen molar-refractivity contribution in [3.8, 4) is 22.7 Å². The topological polar surface area (TPSA) is 50.6 Å². The van der Waals surface area contributed by atoms with E-state index >= 15 is 0 Å². The summed E-state index contributed by atoms with van der Waals surface area (Å²) in [6.07, 6.45) is 0. The molecule has 7 heteroatoms. The summed E-state index contributed by atoms with van der Waals surface area (Å²) < 4.78 is 20.6. The van der Waals surface area contributed by atoms with E-state index in [0.29, 0.717) is 30.2 Å². The van der Waals surface area contributed by atoms with E-state index in [1.165, 1.54) is 23.3 Å². The quantitative estimate of drug-likeness (QED) is 0.243. The highest BCUT2D eigenvalue weighted by Gasteiger charge is 2.30. The molecule has 1 aromatic heterocycles. The van der Waals surface area contributed by atoms with Crippen LogP contribution in [0.25, 0.3) is 16.9 Å². The second kappa shape index (κ2) is 11.8. The summed E-state index contributed by atoms with van der Waals surface area (Å²) in [7, 11) is 1.62. The molecule has 0 saturated carbocycles. The standard InChI is InChI=1S/C34H31FN4O2/c1-41-30-18-12-25(13-19-30)31-24-32(39(36-31)29-16-14-28(35)15-17-29)34(40)38-22-20-37(21-23-38)33(26-8-4-2-5-9-26)27-10-6-3-7-11-27/h2-19,24,33H,20-23H2,1H3. The van der Waals surface area contributed by atoms with Gasteiger partial charge in [-0.15, -0.1) is 0 Å². The second-order valence-corrected chi connectivity index (χ2v) is 10.1. The number of nitrogens with zero attached hydrogens (tertiary/aromatic N) is 4. The normalized spacial score (nSPS) is 13.9. The lowest BCUT2D eigenvalue weighted by Gasteiger charge is -2.39. The number of carbonyl (C=O) groups is 1. The first-order chi connectivity index (χ1) is 20.1. The van der Waals surface area contributed by atoms with Crippen LogP contribution in [-0.2, 0) is 0 Å². The number of hydrogen-bond donors (Lipinski definition) is 0. The SMILES string of the molecule is COc1ccc(-c2cc(C(=O)N3CCN(C(c4ccccc4)c4ccccc4)CC3)n(-c3ccc(F)cc3)n2)cc1. The number of aromatic nitrogens is 2. The molecule has 206 valence electrons. The van der Waals surface area contributed by atoms with Crippen molar-refractivity contribution in [1.29, 1.82) is 0 Å². The van der Waals surface area contributed by atoms with Crippen LogP contribution in [0.5, 0.6) is 5.75 Å². The van der Waals surface area contributed by atoms with Crippen molar-refractivity contribution in [1.82, 2.24) is 19.6 Å². The van der Waals surface area contributed by atoms with Gasteiger partial charge in [-0.25, -0.2) is 9.07 Å². The minimum atomic E-state index is -0.341. The fraction of sp³-hybridized carbons (Fsp3) is 0.176. The molecule has 1 aliphatic heterocycles. The van der Waals surface area contributed by atoms with Gasteiger partial charge < -0.3 is 9.64 Å². The predicted molar refractivity (Wildman–Crippen MR) is 158 cm³/mol. The number of halogens is 1. The van der Waals surface area contributed by atoms with Crippen LogP contribution in [0.3, 0.4) is 0 Å². The molecule has 1 saturated heterocycles. The molecule has 0 bridgehead atoms. The smallest absolute Gasteiger partial charge is 0.272 e. The monoisotopic (exact) mass is 546 g/mol. The zero-order chi connectivity index (χ0) is 28.2. The molecule has 0 radical (unpaired) electrons. The van der Waals surface area contributed by atoms with Crippen molar-refractivity contribution >= 4 is 5.91 Å². The maximum absolute atomic E-state index is 14.0. The molecular weight excluding hydrogens is 515 g/mol. The lowest BCUT2D eigenvalue weighted by atomic mass is 9.96. The van der Waals surface area contributed by atoms with E-state index in [9.17, 15) is 9.18 Å². The summed E-state index contributed by atoms with van der Waals surface area (Å²) in [5.41, 5.74) is 5.06. The van der Waals surface area contributed by atoms with Crippen LogP contribution >= 0.6 is 0 Å². The van der Waals surface area contributed by atoms with E-state index in [2.05, 4.69) is 53.4 Å². The van der Waals surface area contributed by atoms with Gasteiger partial charge in [-0.2, -0.15) is 5.10 Å². The van der Waals surface area contributed by atoms with Crippen LogP contribution in [0, 0.1) is 5.82 Å². The molecule has 6 rings (SSSR count). The Morgan fingerprint density at radius 3 is 1.93 bits per heavy atom. The minimum absolute atomic E-state index is 0.0998. The first kappa shape index (κ1) is 26.5. The number of piperazine rings is 1. The van der Waals surface area contributed by atoms with E-state index in [-0.39, 0.29) is 17.8 Å². The summed E-state index contributed by atoms with van der Waals surface area (Å²) in [6, 6.07) is 36.5. The van der Waals surface area contributed by atoms with Gasteiger partial charge in [0, 0.05) is 31.7 Å². The fourth-order valence-electron chi connectivity index (χ4n) is 5.45. The maximum atomic E-state index is 14.0. The van der Waals surface area contributed by atoms with Crippen LogP contribution in [0.15, 0.2) is 115 Å². The molecule has 4 aromatic carbocycles. The van der Waals surface area contributed by atoms with Crippen molar-refractivity contribution in [2.45, 2.75) is 6.04 Å². The molecule has 1 amide bonds. The fourth-order valence-corrected chi connectivity index (χ4v) is 5.45. The summed E-state index contributed by atoms with van der Waals surface area (Å²) in [5, 5.41) is 4.77. The van der Waals surface area contributed by atoms with Gasteiger partial charge in [0.15, 0.2) is 0 Å².